The minimum absolute atomic E-state index is 0.0216. The van der Waals surface area contributed by atoms with E-state index in [-0.39, 0.29) is 12.4 Å². The Labute approximate surface area is 175 Å². The van der Waals surface area contributed by atoms with Crippen molar-refractivity contribution in [1.82, 2.24) is 14.9 Å². The lowest BCUT2D eigenvalue weighted by Gasteiger charge is -2.18. The van der Waals surface area contributed by atoms with Gasteiger partial charge in [0.25, 0.3) is 0 Å². The lowest BCUT2D eigenvalue weighted by atomic mass is 10.2. The van der Waals surface area contributed by atoms with Crippen molar-refractivity contribution in [3.8, 4) is 0 Å². The summed E-state index contributed by atoms with van der Waals surface area (Å²) in [6.45, 7) is 12.0. The smallest absolute Gasteiger partial charge is 0.348 e. The van der Waals surface area contributed by atoms with E-state index in [1.165, 1.54) is 18.4 Å². The van der Waals surface area contributed by atoms with Crippen molar-refractivity contribution < 1.29 is 19.1 Å². The van der Waals surface area contributed by atoms with Crippen LogP contribution in [0.3, 0.4) is 0 Å². The fraction of sp³-hybridized carbons (Fsp3) is 0.600. The van der Waals surface area contributed by atoms with Gasteiger partial charge >= 0.3 is 11.9 Å². The summed E-state index contributed by atoms with van der Waals surface area (Å²) in [4.78, 5) is 36.5. The SMILES string of the molecule is CCOC(=O)c1sc2nc(CC(=O)OC)nc(NCCCN(CC)CC)c2c1C. The number of esters is 2. The van der Waals surface area contributed by atoms with Gasteiger partial charge < -0.3 is 19.7 Å². The lowest BCUT2D eigenvalue weighted by molar-refractivity contribution is -0.139. The molecule has 2 rings (SSSR count). The Morgan fingerprint density at radius 1 is 1.17 bits per heavy atom. The Hall–Kier alpha value is -2.26. The third-order valence-corrected chi connectivity index (χ3v) is 5.83. The zero-order valence-electron chi connectivity index (χ0n) is 17.8. The Morgan fingerprint density at radius 3 is 2.52 bits per heavy atom. The molecule has 8 nitrogen and oxygen atoms in total. The summed E-state index contributed by atoms with van der Waals surface area (Å²) in [5, 5.41) is 4.17. The second kappa shape index (κ2) is 11.1. The Bertz CT molecular complexity index is 849. The summed E-state index contributed by atoms with van der Waals surface area (Å²) in [5.41, 5.74) is 0.791. The molecule has 2 aromatic heterocycles. The van der Waals surface area contributed by atoms with Crippen molar-refractivity contribution in [3.63, 3.8) is 0 Å². The van der Waals surface area contributed by atoms with Crippen LogP contribution in [0.2, 0.25) is 0 Å². The van der Waals surface area contributed by atoms with Crippen LogP contribution in [0.5, 0.6) is 0 Å². The van der Waals surface area contributed by atoms with Gasteiger partial charge in [0.1, 0.15) is 27.8 Å². The lowest BCUT2D eigenvalue weighted by Crippen LogP contribution is -2.25. The molecule has 0 bridgehead atoms. The number of fused-ring (bicyclic) bond motifs is 1. The second-order valence-corrected chi connectivity index (χ2v) is 7.50. The molecule has 0 aromatic carbocycles. The monoisotopic (exact) mass is 422 g/mol. The zero-order chi connectivity index (χ0) is 21.4. The fourth-order valence-electron chi connectivity index (χ4n) is 3.03. The predicted octanol–water partition coefficient (Wildman–Crippen LogP) is 3.04. The molecule has 0 radical (unpaired) electrons. The van der Waals surface area contributed by atoms with Crippen molar-refractivity contribution in [3.05, 3.63) is 16.3 Å². The largest absolute Gasteiger partial charge is 0.469 e. The van der Waals surface area contributed by atoms with Crippen molar-refractivity contribution in [2.45, 2.75) is 40.5 Å². The first kappa shape index (κ1) is 23.0. The molecule has 0 saturated heterocycles. The quantitative estimate of drug-likeness (QED) is 0.436. The molecule has 0 atom stereocenters. The van der Waals surface area contributed by atoms with Crippen LogP contribution in [0.4, 0.5) is 5.82 Å². The number of aryl methyl sites for hydroxylation is 1. The third-order valence-electron chi connectivity index (χ3n) is 4.67. The maximum atomic E-state index is 12.3. The Morgan fingerprint density at radius 2 is 1.90 bits per heavy atom. The molecule has 0 spiro atoms. The maximum absolute atomic E-state index is 12.3. The highest BCUT2D eigenvalue weighted by Gasteiger charge is 2.22. The van der Waals surface area contributed by atoms with Gasteiger partial charge in [-0.1, -0.05) is 13.8 Å². The minimum Gasteiger partial charge on any atom is -0.469 e. The molecule has 0 unspecified atom stereocenters. The van der Waals surface area contributed by atoms with Crippen LogP contribution in [0.1, 0.15) is 48.3 Å². The van der Waals surface area contributed by atoms with Gasteiger partial charge in [0.05, 0.1) is 19.1 Å². The number of carbonyl (C=O) groups is 2. The van der Waals surface area contributed by atoms with E-state index in [1.807, 2.05) is 6.92 Å². The van der Waals surface area contributed by atoms with Crippen LogP contribution >= 0.6 is 11.3 Å². The van der Waals surface area contributed by atoms with E-state index in [4.69, 9.17) is 9.47 Å². The van der Waals surface area contributed by atoms with E-state index in [0.29, 0.717) is 28.0 Å². The summed E-state index contributed by atoms with van der Waals surface area (Å²) >= 11 is 1.26. The van der Waals surface area contributed by atoms with E-state index in [9.17, 15) is 9.59 Å². The first-order chi connectivity index (χ1) is 13.9. The van der Waals surface area contributed by atoms with Gasteiger partial charge in [-0.2, -0.15) is 0 Å². The van der Waals surface area contributed by atoms with Gasteiger partial charge in [-0.15, -0.1) is 11.3 Å². The predicted molar refractivity (Wildman–Crippen MR) is 115 cm³/mol. The highest BCUT2D eigenvalue weighted by Crippen LogP contribution is 2.34. The van der Waals surface area contributed by atoms with Crippen LogP contribution in [0.25, 0.3) is 10.2 Å². The number of carbonyl (C=O) groups excluding carboxylic acids is 2. The van der Waals surface area contributed by atoms with Gasteiger partial charge in [-0.05, 0) is 45.5 Å². The van der Waals surface area contributed by atoms with Crippen LogP contribution in [-0.2, 0) is 20.7 Å². The van der Waals surface area contributed by atoms with Gasteiger partial charge in [0.15, 0.2) is 0 Å². The normalized spacial score (nSPS) is 11.1. The molecule has 1 N–H and O–H groups in total. The van der Waals surface area contributed by atoms with Crippen LogP contribution in [-0.4, -0.2) is 66.7 Å². The number of anilines is 1. The standard InChI is InChI=1S/C20H30N4O4S/c1-6-24(7-2)11-9-10-21-18-16-13(4)17(20(26)28-8-3)29-19(16)23-14(22-18)12-15(25)27-5/h6-12H2,1-5H3,(H,21,22,23). The number of ether oxygens (including phenoxy) is 2. The van der Waals surface area contributed by atoms with Crippen LogP contribution in [0.15, 0.2) is 0 Å². The number of hydrogen-bond donors (Lipinski definition) is 1. The topological polar surface area (TPSA) is 93.6 Å². The summed E-state index contributed by atoms with van der Waals surface area (Å²) in [7, 11) is 1.33. The number of nitrogens with one attached hydrogen (secondary N) is 1. The molecule has 0 aliphatic rings. The average Bonchev–Trinajstić information content (AvgIpc) is 3.04. The van der Waals surface area contributed by atoms with Crippen molar-refractivity contribution in [2.75, 3.05) is 45.2 Å². The van der Waals surface area contributed by atoms with Crippen molar-refractivity contribution in [1.29, 1.82) is 0 Å². The summed E-state index contributed by atoms with van der Waals surface area (Å²) in [6.07, 6.45) is 0.930. The molecule has 9 heteroatoms. The zero-order valence-corrected chi connectivity index (χ0v) is 18.6. The highest BCUT2D eigenvalue weighted by molar-refractivity contribution is 7.20. The van der Waals surface area contributed by atoms with Crippen molar-refractivity contribution >= 4 is 39.3 Å². The Kier molecular flexibility index (Phi) is 8.78. The molecule has 2 aromatic rings. The number of hydrogen-bond acceptors (Lipinski definition) is 9. The molecule has 0 aliphatic heterocycles. The molecule has 0 fully saturated rings. The Balaban J connectivity index is 2.33. The molecule has 0 saturated carbocycles. The first-order valence-electron chi connectivity index (χ1n) is 9.95. The maximum Gasteiger partial charge on any atom is 0.348 e. The number of methoxy groups -OCH3 is 1. The number of rotatable bonds is 11. The second-order valence-electron chi connectivity index (χ2n) is 6.51. The third kappa shape index (κ3) is 5.86. The molecule has 160 valence electrons. The summed E-state index contributed by atoms with van der Waals surface area (Å²) in [5.74, 6) is 0.232. The van der Waals surface area contributed by atoms with Gasteiger partial charge in [0.2, 0.25) is 0 Å². The van der Waals surface area contributed by atoms with Gasteiger partial charge in [0, 0.05) is 6.54 Å². The van der Waals surface area contributed by atoms with Gasteiger partial charge in [-0.25, -0.2) is 14.8 Å². The number of aromatic nitrogens is 2. The summed E-state index contributed by atoms with van der Waals surface area (Å²) in [6, 6.07) is 0. The van der Waals surface area contributed by atoms with Crippen LogP contribution in [0, 0.1) is 6.92 Å². The van der Waals surface area contributed by atoms with E-state index >= 15 is 0 Å². The molecule has 0 amide bonds. The molecular formula is C20H30N4O4S. The molecule has 2 heterocycles. The first-order valence-corrected chi connectivity index (χ1v) is 10.8. The van der Waals surface area contributed by atoms with Crippen LogP contribution < -0.4 is 5.32 Å². The fourth-order valence-corrected chi connectivity index (χ4v) is 4.13. The van der Waals surface area contributed by atoms with E-state index < -0.39 is 5.97 Å². The number of nitrogens with zero attached hydrogens (tertiary/aromatic N) is 3. The van der Waals surface area contributed by atoms with E-state index in [1.54, 1.807) is 6.92 Å². The molecule has 29 heavy (non-hydrogen) atoms. The molecule has 0 aliphatic carbocycles. The van der Waals surface area contributed by atoms with E-state index in [0.717, 1.165) is 43.5 Å². The van der Waals surface area contributed by atoms with Crippen molar-refractivity contribution in [2.24, 2.45) is 0 Å². The van der Waals surface area contributed by atoms with E-state index in [2.05, 4.69) is 34.0 Å². The molecular weight excluding hydrogens is 392 g/mol. The van der Waals surface area contributed by atoms with Gasteiger partial charge in [-0.3, -0.25) is 4.79 Å². The minimum atomic E-state index is -0.407. The highest BCUT2D eigenvalue weighted by atomic mass is 32.1. The average molecular weight is 423 g/mol. The number of thiophene rings is 1. The summed E-state index contributed by atoms with van der Waals surface area (Å²) < 4.78 is 9.90.